The van der Waals surface area contributed by atoms with E-state index in [1.54, 1.807) is 7.11 Å². The number of hydrogen-bond donors (Lipinski definition) is 0. The zero-order valence-corrected chi connectivity index (χ0v) is 6.25. The van der Waals surface area contributed by atoms with Crippen LogP contribution in [0.1, 0.15) is 6.92 Å². The van der Waals surface area contributed by atoms with Gasteiger partial charge in [-0.1, -0.05) is 13.5 Å². The zero-order valence-electron chi connectivity index (χ0n) is 5.44. The van der Waals surface area contributed by atoms with E-state index in [0.29, 0.717) is 0 Å². The average Bonchev–Trinajstić information content (AvgIpc) is 1.83. The first-order valence-electron chi connectivity index (χ1n) is 2.60. The van der Waals surface area contributed by atoms with Crippen LogP contribution in [0.4, 0.5) is 0 Å². The van der Waals surface area contributed by atoms with E-state index in [9.17, 15) is 0 Å². The van der Waals surface area contributed by atoms with Crippen LogP contribution in [0.5, 0.6) is 0 Å². The first kappa shape index (κ1) is 7.89. The van der Waals surface area contributed by atoms with E-state index in [-0.39, 0.29) is 0 Å². The molecule has 0 aliphatic carbocycles. The van der Waals surface area contributed by atoms with Gasteiger partial charge in [0.1, 0.15) is 0 Å². The summed E-state index contributed by atoms with van der Waals surface area (Å²) in [5.41, 5.74) is 0. The lowest BCUT2D eigenvalue weighted by atomic mass is 10.7. The van der Waals surface area contributed by atoms with Gasteiger partial charge < -0.3 is 4.74 Å². The average molecular weight is 132 g/mol. The molecule has 0 N–H and O–H groups in total. The second-order valence-corrected chi connectivity index (χ2v) is 2.65. The van der Waals surface area contributed by atoms with Crippen molar-refractivity contribution < 1.29 is 4.74 Å². The SMILES string of the molecule is C=C(CSCC)OC. The molecule has 0 amide bonds. The van der Waals surface area contributed by atoms with Gasteiger partial charge in [0.05, 0.1) is 18.6 Å². The molecule has 48 valence electrons. The number of thioether (sulfide) groups is 1. The van der Waals surface area contributed by atoms with Gasteiger partial charge in [0, 0.05) is 0 Å². The van der Waals surface area contributed by atoms with E-state index in [2.05, 4.69) is 13.5 Å². The molecule has 0 spiro atoms. The maximum atomic E-state index is 4.84. The highest BCUT2D eigenvalue weighted by Crippen LogP contribution is 2.04. The number of rotatable bonds is 4. The summed E-state index contributed by atoms with van der Waals surface area (Å²) >= 11 is 1.82. The lowest BCUT2D eigenvalue weighted by Gasteiger charge is -1.99. The predicted octanol–water partition coefficient (Wildman–Crippen LogP) is 1.90. The van der Waals surface area contributed by atoms with E-state index in [1.165, 1.54) is 0 Å². The third-order valence-corrected chi connectivity index (χ3v) is 1.69. The molecule has 0 rings (SSSR count). The Kier molecular flexibility index (Phi) is 4.97. The molecule has 0 unspecified atom stereocenters. The van der Waals surface area contributed by atoms with Gasteiger partial charge in [0.15, 0.2) is 0 Å². The van der Waals surface area contributed by atoms with Gasteiger partial charge in [-0.05, 0) is 5.75 Å². The normalized spacial score (nSPS) is 8.75. The fourth-order valence-electron chi connectivity index (χ4n) is 0.275. The quantitative estimate of drug-likeness (QED) is 0.540. The van der Waals surface area contributed by atoms with Gasteiger partial charge >= 0.3 is 0 Å². The van der Waals surface area contributed by atoms with Crippen molar-refractivity contribution in [3.05, 3.63) is 12.3 Å². The highest BCUT2D eigenvalue weighted by atomic mass is 32.2. The van der Waals surface area contributed by atoms with Gasteiger partial charge in [-0.2, -0.15) is 11.8 Å². The third-order valence-electron chi connectivity index (χ3n) is 0.756. The smallest absolute Gasteiger partial charge is 0.0982 e. The molecule has 0 fully saturated rings. The van der Waals surface area contributed by atoms with Gasteiger partial charge in [0.2, 0.25) is 0 Å². The molecule has 0 aromatic rings. The van der Waals surface area contributed by atoms with Crippen LogP contribution in [-0.2, 0) is 4.74 Å². The van der Waals surface area contributed by atoms with Crippen LogP contribution in [0.25, 0.3) is 0 Å². The van der Waals surface area contributed by atoms with E-state index in [4.69, 9.17) is 4.74 Å². The molecule has 0 atom stereocenters. The Morgan fingerprint density at radius 1 is 1.75 bits per heavy atom. The number of hydrogen-bond acceptors (Lipinski definition) is 2. The first-order chi connectivity index (χ1) is 3.81. The topological polar surface area (TPSA) is 9.23 Å². The van der Waals surface area contributed by atoms with Crippen LogP contribution in [0, 0.1) is 0 Å². The van der Waals surface area contributed by atoms with Crippen molar-refractivity contribution >= 4 is 11.8 Å². The van der Waals surface area contributed by atoms with Crippen molar-refractivity contribution in [2.45, 2.75) is 6.92 Å². The van der Waals surface area contributed by atoms with Gasteiger partial charge in [-0.3, -0.25) is 0 Å². The van der Waals surface area contributed by atoms with Crippen molar-refractivity contribution in [1.82, 2.24) is 0 Å². The zero-order chi connectivity index (χ0) is 6.41. The molecule has 0 aromatic carbocycles. The fourth-order valence-corrected chi connectivity index (χ4v) is 0.824. The van der Waals surface area contributed by atoms with E-state index in [1.807, 2.05) is 11.8 Å². The lowest BCUT2D eigenvalue weighted by molar-refractivity contribution is 0.298. The Morgan fingerprint density at radius 2 is 2.38 bits per heavy atom. The maximum Gasteiger partial charge on any atom is 0.0982 e. The number of ether oxygens (including phenoxy) is 1. The summed E-state index contributed by atoms with van der Waals surface area (Å²) in [6.07, 6.45) is 0. The standard InChI is InChI=1S/C6H12OS/c1-4-8-5-6(2)7-3/h2,4-5H2,1,3H3. The lowest BCUT2D eigenvalue weighted by Crippen LogP contribution is -1.87. The van der Waals surface area contributed by atoms with Gasteiger partial charge in [-0.15, -0.1) is 0 Å². The Labute approximate surface area is 55.1 Å². The first-order valence-corrected chi connectivity index (χ1v) is 3.76. The van der Waals surface area contributed by atoms with E-state index < -0.39 is 0 Å². The van der Waals surface area contributed by atoms with Crippen molar-refractivity contribution in [3.8, 4) is 0 Å². The van der Waals surface area contributed by atoms with Crippen LogP contribution < -0.4 is 0 Å². The molecule has 0 radical (unpaired) electrons. The van der Waals surface area contributed by atoms with Crippen molar-refractivity contribution in [2.75, 3.05) is 18.6 Å². The Morgan fingerprint density at radius 3 is 2.75 bits per heavy atom. The highest BCUT2D eigenvalue weighted by Gasteiger charge is 1.87. The Hall–Kier alpha value is -0.110. The van der Waals surface area contributed by atoms with Crippen LogP contribution in [0.15, 0.2) is 12.3 Å². The number of methoxy groups -OCH3 is 1. The largest absolute Gasteiger partial charge is 0.501 e. The molecule has 0 heterocycles. The summed E-state index contributed by atoms with van der Waals surface area (Å²) in [5.74, 6) is 2.91. The Balaban J connectivity index is 2.99. The molecule has 8 heavy (non-hydrogen) atoms. The fraction of sp³-hybridized carbons (Fsp3) is 0.667. The predicted molar refractivity (Wildman–Crippen MR) is 39.1 cm³/mol. The second kappa shape index (κ2) is 5.04. The summed E-state index contributed by atoms with van der Waals surface area (Å²) in [5, 5.41) is 0. The summed E-state index contributed by atoms with van der Waals surface area (Å²) < 4.78 is 4.84. The van der Waals surface area contributed by atoms with Crippen molar-refractivity contribution in [3.63, 3.8) is 0 Å². The van der Waals surface area contributed by atoms with E-state index >= 15 is 0 Å². The molecule has 0 aliphatic heterocycles. The molecule has 2 heteroatoms. The minimum Gasteiger partial charge on any atom is -0.501 e. The summed E-state index contributed by atoms with van der Waals surface area (Å²) in [4.78, 5) is 0. The molecule has 0 saturated heterocycles. The molecule has 0 saturated carbocycles. The van der Waals surface area contributed by atoms with Crippen molar-refractivity contribution in [1.29, 1.82) is 0 Å². The Bertz CT molecular complexity index is 70.9. The maximum absolute atomic E-state index is 4.84. The summed E-state index contributed by atoms with van der Waals surface area (Å²) in [7, 11) is 1.65. The summed E-state index contributed by atoms with van der Waals surface area (Å²) in [6.45, 7) is 5.79. The molecular formula is C6H12OS. The van der Waals surface area contributed by atoms with Crippen molar-refractivity contribution in [2.24, 2.45) is 0 Å². The van der Waals surface area contributed by atoms with Gasteiger partial charge in [-0.25, -0.2) is 0 Å². The van der Waals surface area contributed by atoms with Crippen LogP contribution in [0.2, 0.25) is 0 Å². The molecule has 0 aromatic heterocycles. The van der Waals surface area contributed by atoms with E-state index in [0.717, 1.165) is 17.3 Å². The minimum absolute atomic E-state index is 0.858. The summed E-state index contributed by atoms with van der Waals surface area (Å²) in [6, 6.07) is 0. The molecule has 0 bridgehead atoms. The van der Waals surface area contributed by atoms with Crippen LogP contribution in [-0.4, -0.2) is 18.6 Å². The molecule has 0 aliphatic rings. The van der Waals surface area contributed by atoms with Crippen LogP contribution >= 0.6 is 11.8 Å². The second-order valence-electron chi connectivity index (χ2n) is 1.38. The third kappa shape index (κ3) is 4.06. The highest BCUT2D eigenvalue weighted by molar-refractivity contribution is 7.99. The molecule has 1 nitrogen and oxygen atoms in total. The molecular weight excluding hydrogens is 120 g/mol. The monoisotopic (exact) mass is 132 g/mol. The van der Waals surface area contributed by atoms with Gasteiger partial charge in [0.25, 0.3) is 0 Å². The van der Waals surface area contributed by atoms with Crippen LogP contribution in [0.3, 0.4) is 0 Å². The minimum atomic E-state index is 0.858.